The Hall–Kier alpha value is -6.19. The second-order valence-corrected chi connectivity index (χ2v) is 12.3. The zero-order chi connectivity index (χ0) is 31.0. The van der Waals surface area contributed by atoms with E-state index < -0.39 is 5.41 Å². The van der Waals surface area contributed by atoms with E-state index in [-0.39, 0.29) is 0 Å². The molecule has 0 unspecified atom stereocenters. The molecule has 218 valence electrons. The van der Waals surface area contributed by atoms with Crippen LogP contribution >= 0.6 is 0 Å². The molecule has 47 heavy (non-hydrogen) atoms. The average Bonchev–Trinajstić information content (AvgIpc) is 3.62. The van der Waals surface area contributed by atoms with E-state index in [2.05, 4.69) is 146 Å². The SMILES string of the molecule is c1ccc(-c2nc(-c3ccc4ccccc4c3)nc(-c3cccc4c3C3(c5ccccc5-c5ccccc53)c3ccccc3-4)n2)cc1. The van der Waals surface area contributed by atoms with Gasteiger partial charge in [-0.1, -0.05) is 158 Å². The zero-order valence-corrected chi connectivity index (χ0v) is 25.4. The van der Waals surface area contributed by atoms with E-state index >= 15 is 0 Å². The van der Waals surface area contributed by atoms with Crippen LogP contribution in [0, 0.1) is 0 Å². The highest BCUT2D eigenvalue weighted by Gasteiger charge is 2.52. The molecule has 0 amide bonds. The standard InChI is InChI=1S/C44H27N3/c1-2-14-29(15-3-1)41-45-42(31-26-25-28-13-4-5-16-30(28)27-31)47-43(46-41)36-21-12-20-35-34-19-8-11-24-39(34)44(40(35)36)37-22-9-6-17-32(37)33-18-7-10-23-38(33)44/h1-27H. The van der Waals surface area contributed by atoms with Crippen molar-refractivity contribution in [1.82, 2.24) is 15.0 Å². The fourth-order valence-electron chi connectivity index (χ4n) is 8.01. The van der Waals surface area contributed by atoms with E-state index in [1.807, 2.05) is 18.2 Å². The normalized spacial score (nSPS) is 13.3. The molecule has 7 aromatic carbocycles. The first-order valence-corrected chi connectivity index (χ1v) is 16.0. The van der Waals surface area contributed by atoms with Crippen LogP contribution < -0.4 is 0 Å². The number of aromatic nitrogens is 3. The van der Waals surface area contributed by atoms with Crippen LogP contribution in [-0.4, -0.2) is 15.0 Å². The second kappa shape index (κ2) is 9.90. The fraction of sp³-hybridized carbons (Fsp3) is 0.0227. The third-order valence-electron chi connectivity index (χ3n) is 9.93. The van der Waals surface area contributed by atoms with Gasteiger partial charge in [-0.3, -0.25) is 0 Å². The molecular weight excluding hydrogens is 571 g/mol. The molecule has 2 aliphatic rings. The molecule has 2 aliphatic carbocycles. The van der Waals surface area contributed by atoms with Gasteiger partial charge in [-0.05, 0) is 61.3 Å². The number of hydrogen-bond donors (Lipinski definition) is 0. The van der Waals surface area contributed by atoms with E-state index in [4.69, 9.17) is 15.0 Å². The molecule has 10 rings (SSSR count). The summed E-state index contributed by atoms with van der Waals surface area (Å²) in [6, 6.07) is 58.4. The van der Waals surface area contributed by atoms with Gasteiger partial charge in [0.1, 0.15) is 0 Å². The Balaban J connectivity index is 1.30. The summed E-state index contributed by atoms with van der Waals surface area (Å²) >= 11 is 0. The van der Waals surface area contributed by atoms with Crippen LogP contribution in [0.5, 0.6) is 0 Å². The molecule has 3 nitrogen and oxygen atoms in total. The van der Waals surface area contributed by atoms with Gasteiger partial charge >= 0.3 is 0 Å². The van der Waals surface area contributed by atoms with Gasteiger partial charge < -0.3 is 0 Å². The molecule has 0 saturated heterocycles. The zero-order valence-electron chi connectivity index (χ0n) is 25.4. The summed E-state index contributed by atoms with van der Waals surface area (Å²) < 4.78 is 0. The Labute approximate surface area is 272 Å². The van der Waals surface area contributed by atoms with Crippen LogP contribution in [0.3, 0.4) is 0 Å². The third-order valence-corrected chi connectivity index (χ3v) is 9.93. The number of benzene rings is 7. The van der Waals surface area contributed by atoms with Crippen LogP contribution in [0.1, 0.15) is 22.3 Å². The Morgan fingerprint density at radius 3 is 1.49 bits per heavy atom. The Morgan fingerprint density at radius 2 is 0.809 bits per heavy atom. The maximum Gasteiger partial charge on any atom is 0.164 e. The van der Waals surface area contributed by atoms with Crippen molar-refractivity contribution in [2.24, 2.45) is 0 Å². The lowest BCUT2D eigenvalue weighted by Gasteiger charge is -2.31. The van der Waals surface area contributed by atoms with Crippen molar-refractivity contribution < 1.29 is 0 Å². The van der Waals surface area contributed by atoms with Crippen molar-refractivity contribution in [3.63, 3.8) is 0 Å². The summed E-state index contributed by atoms with van der Waals surface area (Å²) in [5.41, 5.74) is 12.6. The van der Waals surface area contributed by atoms with E-state index in [0.717, 1.165) is 22.1 Å². The van der Waals surface area contributed by atoms with Gasteiger partial charge in [-0.25, -0.2) is 15.0 Å². The van der Waals surface area contributed by atoms with Crippen molar-refractivity contribution in [3.8, 4) is 56.4 Å². The van der Waals surface area contributed by atoms with E-state index in [0.29, 0.717) is 17.5 Å². The maximum absolute atomic E-state index is 5.29. The van der Waals surface area contributed by atoms with Crippen LogP contribution in [0.2, 0.25) is 0 Å². The molecule has 0 aliphatic heterocycles. The molecule has 0 radical (unpaired) electrons. The minimum atomic E-state index is -0.502. The van der Waals surface area contributed by atoms with Crippen LogP contribution in [0.15, 0.2) is 164 Å². The maximum atomic E-state index is 5.29. The van der Waals surface area contributed by atoms with Gasteiger partial charge in [0.05, 0.1) is 5.41 Å². The predicted octanol–water partition coefficient (Wildman–Crippen LogP) is 10.4. The first kappa shape index (κ1) is 26.1. The average molecular weight is 598 g/mol. The van der Waals surface area contributed by atoms with Crippen molar-refractivity contribution in [1.29, 1.82) is 0 Å². The first-order valence-electron chi connectivity index (χ1n) is 16.0. The molecule has 8 aromatic rings. The molecule has 1 spiro atoms. The Kier molecular flexibility index (Phi) is 5.49. The minimum Gasteiger partial charge on any atom is -0.208 e. The highest BCUT2D eigenvalue weighted by Crippen LogP contribution is 2.64. The molecule has 0 N–H and O–H groups in total. The van der Waals surface area contributed by atoms with Crippen molar-refractivity contribution in [3.05, 3.63) is 186 Å². The summed E-state index contributed by atoms with van der Waals surface area (Å²) in [5, 5.41) is 2.34. The van der Waals surface area contributed by atoms with Gasteiger partial charge in [0.15, 0.2) is 17.5 Å². The summed E-state index contributed by atoms with van der Waals surface area (Å²) in [5.74, 6) is 2.00. The molecule has 0 saturated carbocycles. The lowest BCUT2D eigenvalue weighted by Crippen LogP contribution is -2.26. The molecule has 0 bridgehead atoms. The minimum absolute atomic E-state index is 0.502. The summed E-state index contributed by atoms with van der Waals surface area (Å²) in [7, 11) is 0. The van der Waals surface area contributed by atoms with E-state index in [1.54, 1.807) is 0 Å². The molecule has 0 fully saturated rings. The quantitative estimate of drug-likeness (QED) is 0.203. The molecule has 1 heterocycles. The lowest BCUT2D eigenvalue weighted by molar-refractivity contribution is 0.794. The molecular formula is C44H27N3. The van der Waals surface area contributed by atoms with E-state index in [9.17, 15) is 0 Å². The molecule has 1 aromatic heterocycles. The van der Waals surface area contributed by atoms with Gasteiger partial charge in [-0.15, -0.1) is 0 Å². The number of fused-ring (bicyclic) bond motifs is 11. The lowest BCUT2D eigenvalue weighted by atomic mass is 9.69. The number of nitrogens with zero attached hydrogens (tertiary/aromatic N) is 3. The third kappa shape index (κ3) is 3.65. The van der Waals surface area contributed by atoms with Gasteiger partial charge in [-0.2, -0.15) is 0 Å². The number of hydrogen-bond acceptors (Lipinski definition) is 3. The fourth-order valence-corrected chi connectivity index (χ4v) is 8.01. The smallest absolute Gasteiger partial charge is 0.164 e. The van der Waals surface area contributed by atoms with E-state index in [1.165, 1.54) is 49.9 Å². The van der Waals surface area contributed by atoms with Gasteiger partial charge in [0.25, 0.3) is 0 Å². The topological polar surface area (TPSA) is 38.7 Å². The highest BCUT2D eigenvalue weighted by molar-refractivity contribution is 5.98. The van der Waals surface area contributed by atoms with Crippen molar-refractivity contribution >= 4 is 10.8 Å². The predicted molar refractivity (Wildman–Crippen MR) is 190 cm³/mol. The molecule has 0 atom stereocenters. The summed E-state index contributed by atoms with van der Waals surface area (Å²) in [4.78, 5) is 15.6. The largest absolute Gasteiger partial charge is 0.208 e. The van der Waals surface area contributed by atoms with Crippen molar-refractivity contribution in [2.75, 3.05) is 0 Å². The van der Waals surface area contributed by atoms with Crippen LogP contribution in [0.25, 0.3) is 67.2 Å². The van der Waals surface area contributed by atoms with Crippen LogP contribution in [-0.2, 0) is 5.41 Å². The summed E-state index contributed by atoms with van der Waals surface area (Å²) in [6.07, 6.45) is 0. The summed E-state index contributed by atoms with van der Waals surface area (Å²) in [6.45, 7) is 0. The highest BCUT2D eigenvalue weighted by atomic mass is 15.0. The van der Waals surface area contributed by atoms with Crippen LogP contribution in [0.4, 0.5) is 0 Å². The first-order chi connectivity index (χ1) is 23.3. The molecule has 3 heteroatoms. The Morgan fingerprint density at radius 1 is 0.319 bits per heavy atom. The van der Waals surface area contributed by atoms with Gasteiger partial charge in [0.2, 0.25) is 0 Å². The van der Waals surface area contributed by atoms with Crippen molar-refractivity contribution in [2.45, 2.75) is 5.41 Å². The van der Waals surface area contributed by atoms with Gasteiger partial charge in [0, 0.05) is 16.7 Å². The monoisotopic (exact) mass is 597 g/mol. The second-order valence-electron chi connectivity index (χ2n) is 12.3. The number of rotatable bonds is 3. The Bertz CT molecular complexity index is 2470.